The Bertz CT molecular complexity index is 287. The number of hydrogen-bond acceptors (Lipinski definition) is 2. The van der Waals surface area contributed by atoms with Crippen molar-refractivity contribution in [3.63, 3.8) is 0 Å². The lowest BCUT2D eigenvalue weighted by Crippen LogP contribution is -2.62. The molecule has 0 spiro atoms. The van der Waals surface area contributed by atoms with Gasteiger partial charge in [0.1, 0.15) is 12.1 Å². The van der Waals surface area contributed by atoms with Gasteiger partial charge in [0.05, 0.1) is 0 Å². The zero-order valence-corrected chi connectivity index (χ0v) is 11.3. The van der Waals surface area contributed by atoms with E-state index < -0.39 is 0 Å². The molecule has 1 rings (SSSR count). The molecule has 0 aromatic heterocycles. The maximum atomic E-state index is 12.1. The summed E-state index contributed by atoms with van der Waals surface area (Å²) in [5.74, 6) is 0.542. The van der Waals surface area contributed by atoms with Crippen LogP contribution in [-0.2, 0) is 9.59 Å². The van der Waals surface area contributed by atoms with E-state index in [2.05, 4.69) is 19.2 Å². The van der Waals surface area contributed by atoms with E-state index in [0.29, 0.717) is 18.9 Å². The van der Waals surface area contributed by atoms with Gasteiger partial charge in [-0.1, -0.05) is 33.6 Å². The first-order valence-corrected chi connectivity index (χ1v) is 6.65. The van der Waals surface area contributed by atoms with E-state index in [1.54, 1.807) is 11.8 Å². The molecule has 0 bridgehead atoms. The number of rotatable bonds is 5. The third kappa shape index (κ3) is 2.99. The Morgan fingerprint density at radius 3 is 2.29 bits per heavy atom. The van der Waals surface area contributed by atoms with Gasteiger partial charge in [-0.3, -0.25) is 9.59 Å². The Hall–Kier alpha value is -1.06. The topological polar surface area (TPSA) is 49.4 Å². The molecule has 2 amide bonds. The Morgan fingerprint density at radius 1 is 1.24 bits per heavy atom. The highest BCUT2D eigenvalue weighted by Crippen LogP contribution is 2.18. The molecule has 1 aliphatic rings. The van der Waals surface area contributed by atoms with Gasteiger partial charge in [0.25, 0.3) is 0 Å². The molecule has 1 heterocycles. The van der Waals surface area contributed by atoms with Gasteiger partial charge in [0, 0.05) is 6.54 Å². The molecule has 0 aliphatic carbocycles. The second-order valence-corrected chi connectivity index (χ2v) is 4.83. The van der Waals surface area contributed by atoms with Crippen LogP contribution in [-0.4, -0.2) is 35.3 Å². The van der Waals surface area contributed by atoms with Crippen LogP contribution >= 0.6 is 0 Å². The van der Waals surface area contributed by atoms with Gasteiger partial charge in [0.15, 0.2) is 0 Å². The molecule has 17 heavy (non-hydrogen) atoms. The largest absolute Gasteiger partial charge is 0.343 e. The molecule has 0 radical (unpaired) electrons. The monoisotopic (exact) mass is 240 g/mol. The summed E-state index contributed by atoms with van der Waals surface area (Å²) in [6.45, 7) is 8.68. The van der Waals surface area contributed by atoms with E-state index >= 15 is 0 Å². The van der Waals surface area contributed by atoms with Gasteiger partial charge in [-0.2, -0.15) is 0 Å². The predicted molar refractivity (Wildman–Crippen MR) is 67.5 cm³/mol. The fourth-order valence-electron chi connectivity index (χ4n) is 2.36. The lowest BCUT2D eigenvalue weighted by atomic mass is 9.98. The molecule has 4 nitrogen and oxygen atoms in total. The fourth-order valence-corrected chi connectivity index (χ4v) is 2.36. The summed E-state index contributed by atoms with van der Waals surface area (Å²) in [7, 11) is 0. The van der Waals surface area contributed by atoms with Crippen LogP contribution in [0, 0.1) is 5.92 Å². The second kappa shape index (κ2) is 6.03. The first-order chi connectivity index (χ1) is 8.04. The smallest absolute Gasteiger partial charge is 0.245 e. The van der Waals surface area contributed by atoms with Crippen molar-refractivity contribution in [2.24, 2.45) is 5.92 Å². The number of amides is 2. The molecule has 4 heteroatoms. The quantitative estimate of drug-likeness (QED) is 0.792. The molecule has 1 aliphatic heterocycles. The molecular weight excluding hydrogens is 216 g/mol. The first-order valence-electron chi connectivity index (χ1n) is 6.65. The lowest BCUT2D eigenvalue weighted by Gasteiger charge is -2.39. The minimum Gasteiger partial charge on any atom is -0.343 e. The maximum Gasteiger partial charge on any atom is 0.245 e. The maximum absolute atomic E-state index is 12.1. The van der Waals surface area contributed by atoms with E-state index in [9.17, 15) is 9.59 Å². The summed E-state index contributed by atoms with van der Waals surface area (Å²) in [4.78, 5) is 25.7. The van der Waals surface area contributed by atoms with Gasteiger partial charge < -0.3 is 10.2 Å². The van der Waals surface area contributed by atoms with E-state index in [1.807, 2.05) is 6.92 Å². The predicted octanol–water partition coefficient (Wildman–Crippen LogP) is 1.55. The molecule has 2 atom stereocenters. The number of carbonyl (C=O) groups is 2. The molecule has 2 unspecified atom stereocenters. The average Bonchev–Trinajstić information content (AvgIpc) is 2.32. The molecule has 1 fully saturated rings. The Labute approximate surface area is 104 Å². The number of carbonyl (C=O) groups excluding carboxylic acids is 2. The van der Waals surface area contributed by atoms with Crippen LogP contribution in [0.3, 0.4) is 0 Å². The summed E-state index contributed by atoms with van der Waals surface area (Å²) in [5, 5.41) is 2.74. The van der Waals surface area contributed by atoms with Gasteiger partial charge in [-0.05, 0) is 19.3 Å². The molecule has 1 saturated heterocycles. The van der Waals surface area contributed by atoms with Crippen molar-refractivity contribution >= 4 is 11.8 Å². The van der Waals surface area contributed by atoms with Crippen LogP contribution in [0.15, 0.2) is 0 Å². The van der Waals surface area contributed by atoms with Crippen molar-refractivity contribution in [2.75, 3.05) is 6.54 Å². The summed E-state index contributed by atoms with van der Waals surface area (Å²) < 4.78 is 0. The molecule has 98 valence electrons. The third-order valence-corrected chi connectivity index (χ3v) is 3.69. The molecule has 0 aromatic rings. The van der Waals surface area contributed by atoms with Gasteiger partial charge in [0.2, 0.25) is 11.8 Å². The van der Waals surface area contributed by atoms with Gasteiger partial charge in [-0.25, -0.2) is 0 Å². The standard InChI is InChI=1S/C13H24N2O2/c1-5-10(6-2)8-15-11(7-3)12(16)14-9(4)13(15)17/h9-11H,5-8H2,1-4H3,(H,14,16). The SMILES string of the molecule is CCC(CC)CN1C(=O)C(C)NC(=O)C1CC. The van der Waals surface area contributed by atoms with Crippen molar-refractivity contribution in [1.82, 2.24) is 10.2 Å². The normalized spacial score (nSPS) is 25.4. The van der Waals surface area contributed by atoms with E-state index in [1.165, 1.54) is 0 Å². The summed E-state index contributed by atoms with van der Waals surface area (Å²) in [6, 6.07) is -0.654. The van der Waals surface area contributed by atoms with Gasteiger partial charge >= 0.3 is 0 Å². The zero-order valence-electron chi connectivity index (χ0n) is 11.3. The Morgan fingerprint density at radius 2 is 1.82 bits per heavy atom. The third-order valence-electron chi connectivity index (χ3n) is 3.69. The number of nitrogens with zero attached hydrogens (tertiary/aromatic N) is 1. The van der Waals surface area contributed by atoms with Crippen molar-refractivity contribution in [1.29, 1.82) is 0 Å². The lowest BCUT2D eigenvalue weighted by molar-refractivity contribution is -0.149. The van der Waals surface area contributed by atoms with E-state index in [0.717, 1.165) is 12.8 Å². The Balaban J connectivity index is 2.81. The summed E-state index contributed by atoms with van der Waals surface area (Å²) >= 11 is 0. The van der Waals surface area contributed by atoms with Crippen molar-refractivity contribution in [3.05, 3.63) is 0 Å². The van der Waals surface area contributed by atoms with Crippen LogP contribution in [0.1, 0.15) is 47.0 Å². The highest BCUT2D eigenvalue weighted by Gasteiger charge is 2.37. The minimum atomic E-state index is -0.375. The van der Waals surface area contributed by atoms with Crippen molar-refractivity contribution in [2.45, 2.75) is 59.0 Å². The number of nitrogens with one attached hydrogen (secondary N) is 1. The summed E-state index contributed by atoms with van der Waals surface area (Å²) in [6.07, 6.45) is 2.78. The fraction of sp³-hybridized carbons (Fsp3) is 0.846. The highest BCUT2D eigenvalue weighted by atomic mass is 16.2. The van der Waals surface area contributed by atoms with E-state index in [4.69, 9.17) is 0 Å². The minimum absolute atomic E-state index is 0.00874. The van der Waals surface area contributed by atoms with Crippen LogP contribution < -0.4 is 5.32 Å². The van der Waals surface area contributed by atoms with Crippen LogP contribution in [0.2, 0.25) is 0 Å². The second-order valence-electron chi connectivity index (χ2n) is 4.83. The van der Waals surface area contributed by atoms with E-state index in [-0.39, 0.29) is 23.9 Å². The van der Waals surface area contributed by atoms with Crippen molar-refractivity contribution in [3.8, 4) is 0 Å². The number of piperazine rings is 1. The first kappa shape index (κ1) is 14.0. The molecule has 1 N–H and O–H groups in total. The van der Waals surface area contributed by atoms with Crippen LogP contribution in [0.5, 0.6) is 0 Å². The van der Waals surface area contributed by atoms with Crippen LogP contribution in [0.25, 0.3) is 0 Å². The Kier molecular flexibility index (Phi) is 4.97. The highest BCUT2D eigenvalue weighted by molar-refractivity contribution is 5.96. The average molecular weight is 240 g/mol. The van der Waals surface area contributed by atoms with Gasteiger partial charge in [-0.15, -0.1) is 0 Å². The molecule has 0 saturated carbocycles. The molecule has 0 aromatic carbocycles. The summed E-state index contributed by atoms with van der Waals surface area (Å²) in [5.41, 5.74) is 0. The zero-order chi connectivity index (χ0) is 13.0. The number of hydrogen-bond donors (Lipinski definition) is 1. The van der Waals surface area contributed by atoms with Crippen molar-refractivity contribution < 1.29 is 9.59 Å². The van der Waals surface area contributed by atoms with Crippen LogP contribution in [0.4, 0.5) is 0 Å². The molecular formula is C13H24N2O2.